The zero-order valence-electron chi connectivity index (χ0n) is 14.3. The summed E-state index contributed by atoms with van der Waals surface area (Å²) in [5.41, 5.74) is 2.62. The summed E-state index contributed by atoms with van der Waals surface area (Å²) in [7, 11) is 0. The fourth-order valence-electron chi connectivity index (χ4n) is 2.83. The van der Waals surface area contributed by atoms with Crippen molar-refractivity contribution in [3.05, 3.63) is 92.9 Å². The van der Waals surface area contributed by atoms with Gasteiger partial charge in [0.1, 0.15) is 5.75 Å². The van der Waals surface area contributed by atoms with Gasteiger partial charge in [0.25, 0.3) is 0 Å². The summed E-state index contributed by atoms with van der Waals surface area (Å²) in [5.74, 6) is -0.207. The molecule has 0 unspecified atom stereocenters. The van der Waals surface area contributed by atoms with Crippen LogP contribution in [0.5, 0.6) is 5.75 Å². The third kappa shape index (κ3) is 3.90. The van der Waals surface area contributed by atoms with E-state index in [0.717, 1.165) is 10.0 Å². The summed E-state index contributed by atoms with van der Waals surface area (Å²) >= 11 is 15.5. The van der Waals surface area contributed by atoms with E-state index in [1.54, 1.807) is 36.4 Å². The number of rotatable bonds is 3. The second-order valence-electron chi connectivity index (χ2n) is 6.04. The van der Waals surface area contributed by atoms with Gasteiger partial charge in [0.15, 0.2) is 0 Å². The first-order chi connectivity index (χ1) is 13.5. The van der Waals surface area contributed by atoms with Crippen molar-refractivity contribution in [2.24, 2.45) is 0 Å². The topological polar surface area (TPSA) is 39.2 Å². The Morgan fingerprint density at radius 2 is 1.68 bits per heavy atom. The van der Waals surface area contributed by atoms with E-state index in [-0.39, 0.29) is 0 Å². The van der Waals surface area contributed by atoms with Crippen molar-refractivity contribution < 1.29 is 9.53 Å². The highest BCUT2D eigenvalue weighted by molar-refractivity contribution is 9.10. The number of carbonyl (C=O) groups excluding carboxylic acids is 1. The molecule has 0 aliphatic heterocycles. The van der Waals surface area contributed by atoms with Gasteiger partial charge in [-0.2, -0.15) is 0 Å². The van der Waals surface area contributed by atoms with Crippen LogP contribution < -0.4 is 4.74 Å². The number of halogens is 3. The van der Waals surface area contributed by atoms with Gasteiger partial charge in [0, 0.05) is 20.4 Å². The van der Waals surface area contributed by atoms with Crippen LogP contribution in [-0.4, -0.2) is 11.0 Å². The molecule has 0 N–H and O–H groups in total. The van der Waals surface area contributed by atoms with E-state index in [1.807, 2.05) is 36.4 Å². The largest absolute Gasteiger partial charge is 0.421 e. The van der Waals surface area contributed by atoms with E-state index in [4.69, 9.17) is 27.9 Å². The summed E-state index contributed by atoms with van der Waals surface area (Å²) in [6.07, 6.45) is 0. The Bertz CT molecular complexity index is 1190. The molecule has 138 valence electrons. The van der Waals surface area contributed by atoms with Crippen molar-refractivity contribution in [3.63, 3.8) is 0 Å². The monoisotopic (exact) mass is 471 g/mol. The molecular formula is C22H12BrCl2NO2. The molecule has 0 aliphatic rings. The van der Waals surface area contributed by atoms with Crippen molar-refractivity contribution in [1.82, 2.24) is 4.98 Å². The lowest BCUT2D eigenvalue weighted by Gasteiger charge is -2.11. The van der Waals surface area contributed by atoms with Crippen molar-refractivity contribution in [2.75, 3.05) is 0 Å². The Balaban J connectivity index is 1.80. The fraction of sp³-hybridized carbons (Fsp3) is 0. The SMILES string of the molecule is O=C(Oc1ccc(Br)cc1Cl)c1cc(-c2ccc(Cl)cc2)nc2ccccc12. The van der Waals surface area contributed by atoms with Crippen LogP contribution >= 0.6 is 39.1 Å². The van der Waals surface area contributed by atoms with Gasteiger partial charge < -0.3 is 4.74 Å². The van der Waals surface area contributed by atoms with Crippen LogP contribution in [0.1, 0.15) is 10.4 Å². The quantitative estimate of drug-likeness (QED) is 0.234. The number of pyridine rings is 1. The van der Waals surface area contributed by atoms with Crippen LogP contribution in [0.15, 0.2) is 77.3 Å². The van der Waals surface area contributed by atoms with E-state index in [1.165, 1.54) is 0 Å². The van der Waals surface area contributed by atoms with E-state index in [0.29, 0.717) is 38.0 Å². The number of fused-ring (bicyclic) bond motifs is 1. The Morgan fingerprint density at radius 3 is 2.43 bits per heavy atom. The molecule has 3 nitrogen and oxygen atoms in total. The predicted molar refractivity (Wildman–Crippen MR) is 116 cm³/mol. The van der Waals surface area contributed by atoms with Crippen LogP contribution in [0.4, 0.5) is 0 Å². The Hall–Kier alpha value is -2.40. The van der Waals surface area contributed by atoms with E-state index in [9.17, 15) is 4.79 Å². The third-order valence-corrected chi connectivity index (χ3v) is 5.21. The highest BCUT2D eigenvalue weighted by Gasteiger charge is 2.17. The number of esters is 1. The molecule has 0 spiro atoms. The number of ether oxygens (including phenoxy) is 1. The number of carbonyl (C=O) groups is 1. The predicted octanol–water partition coefficient (Wildman–Crippen LogP) is 7.19. The Labute approximate surface area is 180 Å². The van der Waals surface area contributed by atoms with Crippen LogP contribution in [0.3, 0.4) is 0 Å². The van der Waals surface area contributed by atoms with Gasteiger partial charge >= 0.3 is 5.97 Å². The summed E-state index contributed by atoms with van der Waals surface area (Å²) < 4.78 is 6.37. The number of nitrogens with zero attached hydrogens (tertiary/aromatic N) is 1. The Morgan fingerprint density at radius 1 is 0.929 bits per heavy atom. The molecular weight excluding hydrogens is 461 g/mol. The molecule has 1 aromatic heterocycles. The van der Waals surface area contributed by atoms with Gasteiger partial charge in [-0.3, -0.25) is 0 Å². The van der Waals surface area contributed by atoms with E-state index >= 15 is 0 Å². The standard InChI is InChI=1S/C22H12BrCl2NO2/c23-14-7-10-21(18(25)11-14)28-22(27)17-12-20(13-5-8-15(24)9-6-13)26-19-4-2-1-3-16(17)19/h1-12H. The first kappa shape index (κ1) is 18.9. The lowest BCUT2D eigenvalue weighted by atomic mass is 10.0. The van der Waals surface area contributed by atoms with Crippen molar-refractivity contribution in [3.8, 4) is 17.0 Å². The molecule has 4 aromatic rings. The van der Waals surface area contributed by atoms with Crippen molar-refractivity contribution >= 4 is 56.0 Å². The van der Waals surface area contributed by atoms with Gasteiger partial charge in [-0.25, -0.2) is 9.78 Å². The summed E-state index contributed by atoms with van der Waals surface area (Å²) in [6.45, 7) is 0. The Kier molecular flexibility index (Phi) is 5.36. The lowest BCUT2D eigenvalue weighted by Crippen LogP contribution is -2.10. The summed E-state index contributed by atoms with van der Waals surface area (Å²) in [6, 6.07) is 21.5. The number of hydrogen-bond acceptors (Lipinski definition) is 3. The molecule has 0 bridgehead atoms. The van der Waals surface area contributed by atoms with Crippen LogP contribution in [-0.2, 0) is 0 Å². The van der Waals surface area contributed by atoms with Gasteiger partial charge in [0.05, 0.1) is 21.8 Å². The average molecular weight is 473 g/mol. The highest BCUT2D eigenvalue weighted by Crippen LogP contribution is 2.30. The normalized spacial score (nSPS) is 10.8. The summed E-state index contributed by atoms with van der Waals surface area (Å²) in [5, 5.41) is 1.69. The molecule has 28 heavy (non-hydrogen) atoms. The maximum absolute atomic E-state index is 13.0. The number of hydrogen-bond donors (Lipinski definition) is 0. The van der Waals surface area contributed by atoms with Gasteiger partial charge in [-0.1, -0.05) is 69.5 Å². The molecule has 3 aromatic carbocycles. The maximum Gasteiger partial charge on any atom is 0.344 e. The van der Waals surface area contributed by atoms with Crippen LogP contribution in [0.2, 0.25) is 10.0 Å². The zero-order chi connectivity index (χ0) is 19.7. The fourth-order valence-corrected chi connectivity index (χ4v) is 3.66. The third-order valence-electron chi connectivity index (χ3n) is 4.17. The number of benzene rings is 3. The molecule has 1 heterocycles. The summed E-state index contributed by atoms with van der Waals surface area (Å²) in [4.78, 5) is 17.6. The lowest BCUT2D eigenvalue weighted by molar-refractivity contribution is 0.0737. The molecule has 4 rings (SSSR count). The van der Waals surface area contributed by atoms with Gasteiger partial charge in [-0.05, 0) is 42.5 Å². The minimum atomic E-state index is -0.502. The molecule has 0 fully saturated rings. The zero-order valence-corrected chi connectivity index (χ0v) is 17.4. The first-order valence-corrected chi connectivity index (χ1v) is 9.89. The van der Waals surface area contributed by atoms with Gasteiger partial charge in [0.2, 0.25) is 0 Å². The van der Waals surface area contributed by atoms with Gasteiger partial charge in [-0.15, -0.1) is 0 Å². The molecule has 0 radical (unpaired) electrons. The smallest absolute Gasteiger partial charge is 0.344 e. The minimum absolute atomic E-state index is 0.295. The molecule has 6 heteroatoms. The van der Waals surface area contributed by atoms with Crippen LogP contribution in [0.25, 0.3) is 22.2 Å². The molecule has 0 saturated heterocycles. The second kappa shape index (κ2) is 7.92. The average Bonchev–Trinajstić information content (AvgIpc) is 2.69. The van der Waals surface area contributed by atoms with Crippen molar-refractivity contribution in [1.29, 1.82) is 0 Å². The minimum Gasteiger partial charge on any atom is -0.421 e. The maximum atomic E-state index is 13.0. The highest BCUT2D eigenvalue weighted by atomic mass is 79.9. The molecule has 0 aliphatic carbocycles. The van der Waals surface area contributed by atoms with E-state index < -0.39 is 5.97 Å². The number of aromatic nitrogens is 1. The number of para-hydroxylation sites is 1. The molecule has 0 atom stereocenters. The van der Waals surface area contributed by atoms with Crippen molar-refractivity contribution in [2.45, 2.75) is 0 Å². The van der Waals surface area contributed by atoms with Crippen LogP contribution in [0, 0.1) is 0 Å². The second-order valence-corrected chi connectivity index (χ2v) is 7.80. The molecule has 0 amide bonds. The first-order valence-electron chi connectivity index (χ1n) is 8.34. The molecule has 0 saturated carbocycles. The van der Waals surface area contributed by atoms with E-state index in [2.05, 4.69) is 20.9 Å².